The van der Waals surface area contributed by atoms with E-state index in [1.807, 2.05) is 27.2 Å². The number of imidazole rings is 1. The van der Waals surface area contributed by atoms with Gasteiger partial charge in [-0.1, -0.05) is 6.07 Å². The largest absolute Gasteiger partial charge is 0.493 e. The molecule has 0 saturated heterocycles. The number of hydrogen-bond acceptors (Lipinski definition) is 6. The van der Waals surface area contributed by atoms with Crippen LogP contribution in [0.4, 0.5) is 4.39 Å². The molecular formula is C31H33FN6O. The highest BCUT2D eigenvalue weighted by Gasteiger charge is 2.19. The van der Waals surface area contributed by atoms with E-state index in [-0.39, 0.29) is 5.82 Å². The summed E-state index contributed by atoms with van der Waals surface area (Å²) in [6.07, 6.45) is 6.62. The van der Waals surface area contributed by atoms with Crippen molar-refractivity contribution in [2.24, 2.45) is 5.92 Å². The molecule has 4 heterocycles. The van der Waals surface area contributed by atoms with Crippen LogP contribution in [0.1, 0.15) is 42.2 Å². The second-order valence-electron chi connectivity index (χ2n) is 10.8. The van der Waals surface area contributed by atoms with Crippen LogP contribution in [0.2, 0.25) is 0 Å². The molecule has 7 nitrogen and oxygen atoms in total. The Morgan fingerprint density at radius 2 is 1.92 bits per heavy atom. The van der Waals surface area contributed by atoms with Gasteiger partial charge in [0.25, 0.3) is 0 Å². The topological polar surface area (TPSA) is 79.8 Å². The summed E-state index contributed by atoms with van der Waals surface area (Å²) < 4.78 is 20.5. The van der Waals surface area contributed by atoms with Crippen LogP contribution in [0.5, 0.6) is 5.75 Å². The van der Waals surface area contributed by atoms with Crippen LogP contribution in [0.15, 0.2) is 48.7 Å². The van der Waals surface area contributed by atoms with E-state index in [9.17, 15) is 4.39 Å². The van der Waals surface area contributed by atoms with E-state index in [1.54, 1.807) is 12.1 Å². The van der Waals surface area contributed by atoms with Gasteiger partial charge in [-0.3, -0.25) is 0 Å². The Balaban J connectivity index is 1.21. The van der Waals surface area contributed by atoms with Gasteiger partial charge >= 0.3 is 0 Å². The highest BCUT2D eigenvalue weighted by molar-refractivity contribution is 5.81. The molecule has 0 bridgehead atoms. The monoisotopic (exact) mass is 524 g/mol. The number of nitrogens with one attached hydrogen (secondary N) is 1. The molecule has 5 aromatic rings. The molecule has 39 heavy (non-hydrogen) atoms. The minimum absolute atomic E-state index is 0.256. The van der Waals surface area contributed by atoms with Gasteiger partial charge in [0.05, 0.1) is 29.9 Å². The maximum absolute atomic E-state index is 14.2. The van der Waals surface area contributed by atoms with Crippen molar-refractivity contribution in [1.29, 1.82) is 0 Å². The van der Waals surface area contributed by atoms with E-state index in [2.05, 4.69) is 49.1 Å². The number of rotatable bonds is 5. The smallest absolute Gasteiger partial charge is 0.177 e. The molecule has 0 aliphatic carbocycles. The first-order chi connectivity index (χ1) is 18.9. The van der Waals surface area contributed by atoms with Crippen LogP contribution in [0.3, 0.4) is 0 Å². The van der Waals surface area contributed by atoms with Crippen LogP contribution in [0, 0.1) is 18.7 Å². The second kappa shape index (κ2) is 10.7. The first-order valence-electron chi connectivity index (χ1n) is 13.6. The quantitative estimate of drug-likeness (QED) is 0.302. The zero-order valence-electron chi connectivity index (χ0n) is 22.7. The molecular weight excluding hydrogens is 491 g/mol. The molecule has 6 rings (SSSR count). The van der Waals surface area contributed by atoms with Crippen molar-refractivity contribution in [1.82, 2.24) is 29.8 Å². The summed E-state index contributed by atoms with van der Waals surface area (Å²) >= 11 is 0. The zero-order chi connectivity index (χ0) is 26.9. The summed E-state index contributed by atoms with van der Waals surface area (Å²) in [5.74, 6) is 2.72. The first-order valence-corrected chi connectivity index (χ1v) is 13.6. The van der Waals surface area contributed by atoms with Crippen molar-refractivity contribution < 1.29 is 9.13 Å². The van der Waals surface area contributed by atoms with Gasteiger partial charge in [-0.05, 0) is 107 Å². The van der Waals surface area contributed by atoms with Crippen LogP contribution in [-0.2, 0) is 19.4 Å². The first kappa shape index (κ1) is 25.4. The Kier molecular flexibility index (Phi) is 6.95. The molecule has 3 aromatic heterocycles. The highest BCUT2D eigenvalue weighted by Crippen LogP contribution is 2.32. The summed E-state index contributed by atoms with van der Waals surface area (Å²) in [6, 6.07) is 13.3. The third-order valence-electron chi connectivity index (χ3n) is 7.41. The number of ether oxygens (including phenoxy) is 1. The highest BCUT2D eigenvalue weighted by atomic mass is 19.1. The Bertz CT molecular complexity index is 1650. The SMILES string of the molecule is Cc1nc2ncc(-c3ccc4c(c3)CCCC(Cc3nc(CN(C)C)nc5ccc(F)cc35)CCO4)cc2[nH]1. The number of hydrogen-bond donors (Lipinski definition) is 1. The number of nitrogens with zero attached hydrogens (tertiary/aromatic N) is 5. The summed E-state index contributed by atoms with van der Waals surface area (Å²) in [4.78, 5) is 23.8. The van der Waals surface area contributed by atoms with Gasteiger partial charge in [-0.25, -0.2) is 24.3 Å². The predicted molar refractivity (Wildman–Crippen MR) is 151 cm³/mol. The van der Waals surface area contributed by atoms with Gasteiger partial charge in [-0.15, -0.1) is 0 Å². The molecule has 1 unspecified atom stereocenters. The average molecular weight is 525 g/mol. The summed E-state index contributed by atoms with van der Waals surface area (Å²) in [7, 11) is 4.01. The van der Waals surface area contributed by atoms with Crippen molar-refractivity contribution in [3.63, 3.8) is 0 Å². The maximum atomic E-state index is 14.2. The van der Waals surface area contributed by atoms with Gasteiger partial charge in [0.15, 0.2) is 5.65 Å². The minimum atomic E-state index is -0.256. The standard InChI is InChI=1S/C31H33FN6O/c1-19-34-28-15-23(17-33-31(28)35-19)21-7-10-29-22(14-21)6-4-5-20(11-12-39-29)13-27-25-16-24(32)8-9-26(25)36-30(37-27)18-38(2)3/h7-10,14-17,20H,4-6,11-13,18H2,1-3H3,(H,33,34,35). The lowest BCUT2D eigenvalue weighted by Crippen LogP contribution is -2.16. The Morgan fingerprint density at radius 1 is 1.03 bits per heavy atom. The normalized spacial score (nSPS) is 16.1. The molecule has 0 saturated carbocycles. The molecule has 0 spiro atoms. The predicted octanol–water partition coefficient (Wildman–Crippen LogP) is 6.04. The Hall–Kier alpha value is -3.91. The van der Waals surface area contributed by atoms with Gasteiger partial charge in [0, 0.05) is 17.1 Å². The van der Waals surface area contributed by atoms with E-state index in [1.165, 1.54) is 11.6 Å². The second-order valence-corrected chi connectivity index (χ2v) is 10.8. The minimum Gasteiger partial charge on any atom is -0.493 e. The van der Waals surface area contributed by atoms with Gasteiger partial charge in [-0.2, -0.15) is 0 Å². The number of aromatic nitrogens is 5. The van der Waals surface area contributed by atoms with Crippen LogP contribution >= 0.6 is 0 Å². The number of halogens is 1. The fourth-order valence-electron chi connectivity index (χ4n) is 5.54. The molecule has 200 valence electrons. The Morgan fingerprint density at radius 3 is 2.79 bits per heavy atom. The van der Waals surface area contributed by atoms with Crippen LogP contribution in [-0.4, -0.2) is 50.5 Å². The van der Waals surface area contributed by atoms with Crippen molar-refractivity contribution in [3.05, 3.63) is 77.4 Å². The summed E-state index contributed by atoms with van der Waals surface area (Å²) in [5.41, 5.74) is 6.81. The lowest BCUT2D eigenvalue weighted by Gasteiger charge is -2.18. The molecule has 8 heteroatoms. The van der Waals surface area contributed by atoms with Crippen molar-refractivity contribution in [2.75, 3.05) is 20.7 Å². The summed E-state index contributed by atoms with van der Waals surface area (Å²) in [5, 5.41) is 0.810. The molecule has 1 aliphatic rings. The lowest BCUT2D eigenvalue weighted by atomic mass is 9.91. The third-order valence-corrected chi connectivity index (χ3v) is 7.41. The van der Waals surface area contributed by atoms with Crippen molar-refractivity contribution in [3.8, 4) is 16.9 Å². The van der Waals surface area contributed by atoms with E-state index in [4.69, 9.17) is 9.72 Å². The molecule has 2 aromatic carbocycles. The number of aromatic amines is 1. The van der Waals surface area contributed by atoms with Crippen molar-refractivity contribution >= 4 is 22.1 Å². The number of aryl methyl sites for hydroxylation is 2. The maximum Gasteiger partial charge on any atom is 0.177 e. The Labute approximate surface area is 227 Å². The number of pyridine rings is 1. The van der Waals surface area contributed by atoms with Gasteiger partial charge in [0.1, 0.15) is 23.2 Å². The number of H-pyrrole nitrogens is 1. The van der Waals surface area contributed by atoms with E-state index in [0.29, 0.717) is 19.1 Å². The molecule has 1 N–H and O–H groups in total. The fourth-order valence-corrected chi connectivity index (χ4v) is 5.54. The molecule has 1 atom stereocenters. The molecule has 0 amide bonds. The van der Waals surface area contributed by atoms with Crippen molar-refractivity contribution in [2.45, 2.75) is 45.6 Å². The lowest BCUT2D eigenvalue weighted by molar-refractivity contribution is 0.274. The number of benzene rings is 2. The van der Waals surface area contributed by atoms with Gasteiger partial charge in [0.2, 0.25) is 0 Å². The third kappa shape index (κ3) is 5.61. The number of fused-ring (bicyclic) bond motifs is 3. The van der Waals surface area contributed by atoms with E-state index < -0.39 is 0 Å². The molecule has 1 aliphatic heterocycles. The summed E-state index contributed by atoms with van der Waals surface area (Å²) in [6.45, 7) is 3.22. The molecule has 0 radical (unpaired) electrons. The van der Waals surface area contributed by atoms with E-state index >= 15 is 0 Å². The van der Waals surface area contributed by atoms with E-state index in [0.717, 1.165) is 88.4 Å². The van der Waals surface area contributed by atoms with Crippen LogP contribution in [0.25, 0.3) is 33.2 Å². The van der Waals surface area contributed by atoms with Gasteiger partial charge < -0.3 is 14.6 Å². The fraction of sp³-hybridized carbons (Fsp3) is 0.355. The average Bonchev–Trinajstić information content (AvgIpc) is 3.31. The molecule has 0 fully saturated rings. The zero-order valence-corrected chi connectivity index (χ0v) is 22.7. The van der Waals surface area contributed by atoms with Crippen LogP contribution < -0.4 is 4.74 Å².